The monoisotopic (exact) mass is 456 g/mol. The Morgan fingerprint density at radius 3 is 2.87 bits per heavy atom. The zero-order valence-corrected chi connectivity index (χ0v) is 20.6. The quantitative estimate of drug-likeness (QED) is 0.220. The van der Waals surface area contributed by atoms with Crippen LogP contribution in [-0.4, -0.2) is 21.4 Å². The molecule has 1 aliphatic heterocycles. The van der Waals surface area contributed by atoms with Crippen LogP contribution in [-0.2, 0) is 17.8 Å². The molecule has 1 atom stereocenters. The maximum absolute atomic E-state index is 13.9. The number of nitrogens with zero attached hydrogens (tertiary/aromatic N) is 2. The maximum Gasteiger partial charge on any atom is 0.267 e. The number of hydrogen-bond acceptors (Lipinski definition) is 5. The van der Waals surface area contributed by atoms with E-state index in [1.165, 1.54) is 19.3 Å². The van der Waals surface area contributed by atoms with Crippen LogP contribution in [0.2, 0.25) is 0 Å². The Labute approximate surface area is 193 Å². The predicted molar refractivity (Wildman–Crippen MR) is 132 cm³/mol. The van der Waals surface area contributed by atoms with Gasteiger partial charge in [-0.15, -0.1) is 11.3 Å². The minimum absolute atomic E-state index is 0.0635. The zero-order valence-electron chi connectivity index (χ0n) is 18.9. The first-order chi connectivity index (χ1) is 15.0. The van der Waals surface area contributed by atoms with E-state index in [0.717, 1.165) is 55.7 Å². The van der Waals surface area contributed by atoms with Gasteiger partial charge in [0.1, 0.15) is 4.83 Å². The van der Waals surface area contributed by atoms with Gasteiger partial charge in [0.05, 0.1) is 23.8 Å². The molecule has 4 nitrogen and oxygen atoms in total. The van der Waals surface area contributed by atoms with Crippen LogP contribution in [0.25, 0.3) is 15.9 Å². The largest absolute Gasteiger partial charge is 0.372 e. The first kappa shape index (κ1) is 22.6. The van der Waals surface area contributed by atoms with Gasteiger partial charge in [0.15, 0.2) is 5.16 Å². The van der Waals surface area contributed by atoms with Crippen molar-refractivity contribution in [2.24, 2.45) is 5.92 Å². The van der Waals surface area contributed by atoms with Crippen LogP contribution >= 0.6 is 23.1 Å². The predicted octanol–water partition coefficient (Wildman–Crippen LogP) is 6.53. The minimum atomic E-state index is 0.0635. The summed E-state index contributed by atoms with van der Waals surface area (Å²) in [7, 11) is 0. The van der Waals surface area contributed by atoms with E-state index in [1.54, 1.807) is 23.1 Å². The molecule has 0 fully saturated rings. The Morgan fingerprint density at radius 1 is 1.29 bits per heavy atom. The van der Waals surface area contributed by atoms with Crippen LogP contribution < -0.4 is 5.56 Å². The second-order valence-corrected chi connectivity index (χ2v) is 10.9. The Kier molecular flexibility index (Phi) is 7.19. The third-order valence-corrected chi connectivity index (χ3v) is 8.07. The number of ether oxygens (including phenoxy) is 1. The zero-order chi connectivity index (χ0) is 22.0. The number of thiophene rings is 1. The van der Waals surface area contributed by atoms with Gasteiger partial charge in [0.25, 0.3) is 5.56 Å². The molecule has 4 rings (SSSR count). The number of benzene rings is 1. The summed E-state index contributed by atoms with van der Waals surface area (Å²) in [6, 6.07) is 8.18. The standard InChI is InChI=1S/C25H32N2O2S2/c1-5-6-7-8-12-30-25-26-23-22(19-14-20(16(2)3)29-15-21(19)31-23)24(28)27(25)18-11-9-10-17(4)13-18/h9-11,13,16,20H,5-8,12,14-15H2,1-4H3/t20-/m1/s1. The third kappa shape index (κ3) is 4.76. The molecule has 166 valence electrons. The molecule has 0 N–H and O–H groups in total. The third-order valence-electron chi connectivity index (χ3n) is 5.94. The van der Waals surface area contributed by atoms with E-state index in [1.807, 2.05) is 16.7 Å². The molecule has 3 heterocycles. The van der Waals surface area contributed by atoms with Crippen LogP contribution in [0.4, 0.5) is 0 Å². The van der Waals surface area contributed by atoms with E-state index >= 15 is 0 Å². The normalized spacial score (nSPS) is 16.2. The molecule has 0 aliphatic carbocycles. The molecule has 3 aromatic rings. The van der Waals surface area contributed by atoms with Crippen molar-refractivity contribution in [2.45, 2.75) is 77.7 Å². The van der Waals surface area contributed by atoms with Crippen LogP contribution in [0.5, 0.6) is 0 Å². The fourth-order valence-electron chi connectivity index (χ4n) is 4.12. The highest BCUT2D eigenvalue weighted by atomic mass is 32.2. The van der Waals surface area contributed by atoms with E-state index < -0.39 is 0 Å². The van der Waals surface area contributed by atoms with Crippen molar-refractivity contribution < 1.29 is 4.74 Å². The second-order valence-electron chi connectivity index (χ2n) is 8.76. The Hall–Kier alpha value is -1.63. The van der Waals surface area contributed by atoms with Crippen molar-refractivity contribution in [3.05, 3.63) is 50.6 Å². The van der Waals surface area contributed by atoms with Gasteiger partial charge in [0.2, 0.25) is 0 Å². The molecule has 0 saturated heterocycles. The summed E-state index contributed by atoms with van der Waals surface area (Å²) in [6.07, 6.45) is 5.80. The molecule has 2 aromatic heterocycles. The molecule has 6 heteroatoms. The highest BCUT2D eigenvalue weighted by Crippen LogP contribution is 2.36. The van der Waals surface area contributed by atoms with Crippen molar-refractivity contribution in [3.8, 4) is 5.69 Å². The molecule has 1 aliphatic rings. The van der Waals surface area contributed by atoms with Crippen molar-refractivity contribution in [3.63, 3.8) is 0 Å². The number of aryl methyl sites for hydroxylation is 1. The van der Waals surface area contributed by atoms with Crippen molar-refractivity contribution >= 4 is 33.3 Å². The molecule has 0 spiro atoms. The van der Waals surface area contributed by atoms with E-state index in [4.69, 9.17) is 9.72 Å². The van der Waals surface area contributed by atoms with Gasteiger partial charge in [-0.05, 0) is 42.5 Å². The van der Waals surface area contributed by atoms with Gasteiger partial charge in [-0.25, -0.2) is 4.98 Å². The molecule has 0 amide bonds. The van der Waals surface area contributed by atoms with Gasteiger partial charge < -0.3 is 4.74 Å². The summed E-state index contributed by atoms with van der Waals surface area (Å²) in [4.78, 5) is 20.9. The van der Waals surface area contributed by atoms with Crippen molar-refractivity contribution in [1.82, 2.24) is 9.55 Å². The van der Waals surface area contributed by atoms with Crippen molar-refractivity contribution in [2.75, 3.05) is 5.75 Å². The summed E-state index contributed by atoms with van der Waals surface area (Å²) < 4.78 is 7.91. The SMILES string of the molecule is CCCCCCSc1nc2sc3c(c2c(=O)n1-c1cccc(C)c1)C[C@H](C(C)C)OC3. The number of hydrogen-bond donors (Lipinski definition) is 0. The minimum Gasteiger partial charge on any atom is -0.372 e. The van der Waals surface area contributed by atoms with Gasteiger partial charge >= 0.3 is 0 Å². The first-order valence-corrected chi connectivity index (χ1v) is 13.2. The summed E-state index contributed by atoms with van der Waals surface area (Å²) in [5.74, 6) is 1.40. The van der Waals surface area contributed by atoms with Gasteiger partial charge in [-0.3, -0.25) is 9.36 Å². The van der Waals surface area contributed by atoms with E-state index in [2.05, 4.69) is 39.8 Å². The highest BCUT2D eigenvalue weighted by Gasteiger charge is 2.28. The van der Waals surface area contributed by atoms with Crippen LogP contribution in [0.15, 0.2) is 34.2 Å². The van der Waals surface area contributed by atoms with E-state index in [0.29, 0.717) is 12.5 Å². The number of unbranched alkanes of at least 4 members (excludes halogenated alkanes) is 3. The second kappa shape index (κ2) is 9.88. The summed E-state index contributed by atoms with van der Waals surface area (Å²) in [6.45, 7) is 9.24. The molecule has 1 aromatic carbocycles. The lowest BCUT2D eigenvalue weighted by Gasteiger charge is -2.26. The van der Waals surface area contributed by atoms with E-state index in [-0.39, 0.29) is 11.7 Å². The molecular formula is C25H32N2O2S2. The Balaban J connectivity index is 1.81. The topological polar surface area (TPSA) is 44.1 Å². The highest BCUT2D eigenvalue weighted by molar-refractivity contribution is 7.99. The fourth-order valence-corrected chi connectivity index (χ4v) is 6.30. The first-order valence-electron chi connectivity index (χ1n) is 11.4. The number of aromatic nitrogens is 2. The summed E-state index contributed by atoms with van der Waals surface area (Å²) in [5.41, 5.74) is 3.27. The molecule has 0 unspecified atom stereocenters. The Bertz CT molecular complexity index is 1120. The lowest BCUT2D eigenvalue weighted by molar-refractivity contribution is 0.00200. The number of thioether (sulfide) groups is 1. The number of fused-ring (bicyclic) bond motifs is 3. The lowest BCUT2D eigenvalue weighted by Crippen LogP contribution is -2.28. The van der Waals surface area contributed by atoms with Crippen LogP contribution in [0, 0.1) is 12.8 Å². The molecular weight excluding hydrogens is 424 g/mol. The summed E-state index contributed by atoms with van der Waals surface area (Å²) >= 11 is 3.34. The van der Waals surface area contributed by atoms with Crippen LogP contribution in [0.1, 0.15) is 62.5 Å². The molecule has 0 radical (unpaired) electrons. The molecule has 0 saturated carbocycles. The Morgan fingerprint density at radius 2 is 2.13 bits per heavy atom. The van der Waals surface area contributed by atoms with E-state index in [9.17, 15) is 4.79 Å². The maximum atomic E-state index is 13.9. The average Bonchev–Trinajstić information content (AvgIpc) is 3.11. The van der Waals surface area contributed by atoms with Crippen LogP contribution in [0.3, 0.4) is 0 Å². The smallest absolute Gasteiger partial charge is 0.267 e. The summed E-state index contributed by atoms with van der Waals surface area (Å²) in [5, 5.41) is 1.60. The van der Waals surface area contributed by atoms with Gasteiger partial charge in [-0.1, -0.05) is 63.9 Å². The van der Waals surface area contributed by atoms with Gasteiger partial charge in [0, 0.05) is 17.1 Å². The lowest BCUT2D eigenvalue weighted by atomic mass is 9.96. The molecule has 31 heavy (non-hydrogen) atoms. The fraction of sp³-hybridized carbons (Fsp3) is 0.520. The number of rotatable bonds is 8. The average molecular weight is 457 g/mol. The van der Waals surface area contributed by atoms with Crippen molar-refractivity contribution in [1.29, 1.82) is 0 Å². The van der Waals surface area contributed by atoms with Gasteiger partial charge in [-0.2, -0.15) is 0 Å². The molecule has 0 bridgehead atoms.